The van der Waals surface area contributed by atoms with Gasteiger partial charge in [0.05, 0.1) is 11.4 Å². The lowest BCUT2D eigenvalue weighted by atomic mass is 9.92. The molecule has 4 nitrogen and oxygen atoms in total. The molecule has 0 spiro atoms. The zero-order chi connectivity index (χ0) is 25.6. The Balaban J connectivity index is 1.46. The normalized spacial score (nSPS) is 12.8. The molecular formula is C34H22N2O2. The van der Waals surface area contributed by atoms with Crippen molar-refractivity contribution in [1.82, 2.24) is 0 Å². The van der Waals surface area contributed by atoms with Gasteiger partial charge in [0.2, 0.25) is 0 Å². The third-order valence-electron chi connectivity index (χ3n) is 7.15. The first-order valence-corrected chi connectivity index (χ1v) is 12.5. The monoisotopic (exact) mass is 490 g/mol. The molecular weight excluding hydrogens is 468 g/mol. The number of hydrogen-bond acceptors (Lipinski definition) is 3. The second kappa shape index (κ2) is 8.71. The molecule has 0 aromatic heterocycles. The maximum atomic E-state index is 13.7. The predicted molar refractivity (Wildman–Crippen MR) is 154 cm³/mol. The second-order valence-corrected chi connectivity index (χ2v) is 9.34. The van der Waals surface area contributed by atoms with E-state index in [1.54, 1.807) is 12.1 Å². The topological polar surface area (TPSA) is 40.6 Å². The molecule has 1 heterocycles. The summed E-state index contributed by atoms with van der Waals surface area (Å²) in [7, 11) is 0. The lowest BCUT2D eigenvalue weighted by Crippen LogP contribution is -2.40. The molecule has 1 aliphatic rings. The minimum Gasteiger partial charge on any atom is -0.310 e. The average molecular weight is 491 g/mol. The van der Waals surface area contributed by atoms with Crippen LogP contribution in [0, 0.1) is 0 Å². The van der Waals surface area contributed by atoms with Crippen LogP contribution in [0.2, 0.25) is 0 Å². The van der Waals surface area contributed by atoms with E-state index >= 15 is 0 Å². The second-order valence-electron chi connectivity index (χ2n) is 9.34. The number of hydrogen-bond donors (Lipinski definition) is 0. The molecule has 38 heavy (non-hydrogen) atoms. The van der Waals surface area contributed by atoms with E-state index in [0.29, 0.717) is 22.2 Å². The van der Waals surface area contributed by atoms with E-state index in [2.05, 4.69) is 47.4 Å². The van der Waals surface area contributed by atoms with Crippen molar-refractivity contribution in [2.24, 2.45) is 0 Å². The first-order chi connectivity index (χ1) is 18.7. The summed E-state index contributed by atoms with van der Waals surface area (Å²) >= 11 is 0. The van der Waals surface area contributed by atoms with Crippen molar-refractivity contribution in [3.05, 3.63) is 145 Å². The fourth-order valence-corrected chi connectivity index (χ4v) is 5.41. The Labute approximate surface area is 220 Å². The van der Waals surface area contributed by atoms with Crippen molar-refractivity contribution in [2.45, 2.75) is 0 Å². The van der Waals surface area contributed by atoms with E-state index in [4.69, 9.17) is 0 Å². The van der Waals surface area contributed by atoms with Gasteiger partial charge in [-0.15, -0.1) is 0 Å². The van der Waals surface area contributed by atoms with E-state index in [1.807, 2.05) is 78.9 Å². The van der Waals surface area contributed by atoms with E-state index < -0.39 is 0 Å². The van der Waals surface area contributed by atoms with Crippen LogP contribution in [0.5, 0.6) is 0 Å². The summed E-state index contributed by atoms with van der Waals surface area (Å²) in [5, 5.41) is 3.84. The molecule has 4 heteroatoms. The fourth-order valence-electron chi connectivity index (χ4n) is 5.41. The number of benzene rings is 6. The van der Waals surface area contributed by atoms with Gasteiger partial charge in [-0.25, -0.2) is 4.90 Å². The molecule has 1 aliphatic heterocycles. The van der Waals surface area contributed by atoms with Crippen molar-refractivity contribution in [1.29, 1.82) is 0 Å². The number of nitrogens with zero attached hydrogens (tertiary/aromatic N) is 2. The third kappa shape index (κ3) is 3.39. The van der Waals surface area contributed by atoms with E-state index in [-0.39, 0.29) is 11.8 Å². The number of carbonyl (C=O) groups is 2. The highest BCUT2D eigenvalue weighted by Gasteiger charge is 2.35. The molecule has 0 atom stereocenters. The standard InChI is InChI=1S/C34H22N2O2/c37-33-29-17-9-16-28-31(21-20-30(32(28)29)34(38)36(33)26-14-5-2-6-15-26)35(25-12-3-1-4-13-25)27-19-18-23-10-7-8-11-24(23)22-27/h1-22H. The molecule has 0 saturated carbocycles. The molecule has 7 rings (SSSR count). The van der Waals surface area contributed by atoms with Crippen LogP contribution in [0.25, 0.3) is 21.5 Å². The number of rotatable bonds is 4. The number of fused-ring (bicyclic) bond motifs is 1. The number of imide groups is 1. The van der Waals surface area contributed by atoms with Crippen molar-refractivity contribution in [2.75, 3.05) is 9.80 Å². The van der Waals surface area contributed by atoms with Crippen LogP contribution in [0.4, 0.5) is 22.7 Å². The summed E-state index contributed by atoms with van der Waals surface area (Å²) in [5.41, 5.74) is 4.50. The van der Waals surface area contributed by atoms with Crippen LogP contribution in [0.1, 0.15) is 20.7 Å². The molecule has 0 bridgehead atoms. The summed E-state index contributed by atoms with van der Waals surface area (Å²) in [5.74, 6) is -0.623. The molecule has 0 saturated heterocycles. The van der Waals surface area contributed by atoms with Gasteiger partial charge in [0.15, 0.2) is 0 Å². The van der Waals surface area contributed by atoms with E-state index in [1.165, 1.54) is 10.3 Å². The van der Waals surface area contributed by atoms with Gasteiger partial charge >= 0.3 is 0 Å². The summed E-state index contributed by atoms with van der Waals surface area (Å²) in [6.07, 6.45) is 0. The van der Waals surface area contributed by atoms with E-state index in [0.717, 1.165) is 27.8 Å². The molecule has 0 aliphatic carbocycles. The van der Waals surface area contributed by atoms with Gasteiger partial charge in [-0.3, -0.25) is 9.59 Å². The van der Waals surface area contributed by atoms with Gasteiger partial charge in [0.25, 0.3) is 11.8 Å². The Kier molecular flexibility index (Phi) is 5.05. The third-order valence-corrected chi connectivity index (χ3v) is 7.15. The molecule has 0 unspecified atom stereocenters. The summed E-state index contributed by atoms with van der Waals surface area (Å²) < 4.78 is 0. The smallest absolute Gasteiger partial charge is 0.265 e. The molecule has 6 aromatic rings. The van der Waals surface area contributed by atoms with Crippen molar-refractivity contribution >= 4 is 56.1 Å². The Morgan fingerprint density at radius 2 is 1.16 bits per heavy atom. The van der Waals surface area contributed by atoms with Crippen molar-refractivity contribution in [3.8, 4) is 0 Å². The molecule has 180 valence electrons. The highest BCUT2D eigenvalue weighted by molar-refractivity contribution is 6.36. The van der Waals surface area contributed by atoms with Gasteiger partial charge in [-0.05, 0) is 65.4 Å². The van der Waals surface area contributed by atoms with E-state index in [9.17, 15) is 9.59 Å². The van der Waals surface area contributed by atoms with Crippen LogP contribution >= 0.6 is 0 Å². The molecule has 2 amide bonds. The van der Waals surface area contributed by atoms with Gasteiger partial charge in [0, 0.05) is 33.3 Å². The first kappa shape index (κ1) is 22.0. The van der Waals surface area contributed by atoms with Crippen LogP contribution in [-0.4, -0.2) is 11.8 Å². The quantitative estimate of drug-likeness (QED) is 0.234. The minimum atomic E-state index is -0.312. The Morgan fingerprint density at radius 3 is 1.92 bits per heavy atom. The number of carbonyl (C=O) groups excluding carboxylic acids is 2. The SMILES string of the molecule is O=C1c2cccc3c(N(c4ccccc4)c4ccc5ccccc5c4)ccc(c23)C(=O)N1c1ccccc1. The number of anilines is 4. The van der Waals surface area contributed by atoms with Crippen LogP contribution in [0.15, 0.2) is 133 Å². The van der Waals surface area contributed by atoms with Gasteiger partial charge in [-0.2, -0.15) is 0 Å². The number of para-hydroxylation sites is 2. The summed E-state index contributed by atoms with van der Waals surface area (Å²) in [6, 6.07) is 43.5. The Morgan fingerprint density at radius 1 is 0.500 bits per heavy atom. The minimum absolute atomic E-state index is 0.312. The number of amides is 2. The zero-order valence-corrected chi connectivity index (χ0v) is 20.4. The van der Waals surface area contributed by atoms with Gasteiger partial charge in [-0.1, -0.05) is 78.9 Å². The van der Waals surface area contributed by atoms with Gasteiger partial charge in [0.1, 0.15) is 0 Å². The van der Waals surface area contributed by atoms with Crippen LogP contribution in [0.3, 0.4) is 0 Å². The molecule has 6 aromatic carbocycles. The zero-order valence-electron chi connectivity index (χ0n) is 20.4. The lowest BCUT2D eigenvalue weighted by molar-refractivity contribution is 0.0893. The van der Waals surface area contributed by atoms with Crippen LogP contribution < -0.4 is 9.80 Å². The Hall–Kier alpha value is -5.22. The maximum absolute atomic E-state index is 13.7. The highest BCUT2D eigenvalue weighted by atomic mass is 16.2. The fraction of sp³-hybridized carbons (Fsp3) is 0. The van der Waals surface area contributed by atoms with Gasteiger partial charge < -0.3 is 4.90 Å². The molecule has 0 fully saturated rings. The molecule has 0 radical (unpaired) electrons. The highest BCUT2D eigenvalue weighted by Crippen LogP contribution is 2.43. The van der Waals surface area contributed by atoms with Crippen LogP contribution in [-0.2, 0) is 0 Å². The maximum Gasteiger partial charge on any atom is 0.265 e. The largest absolute Gasteiger partial charge is 0.310 e. The predicted octanol–water partition coefficient (Wildman–Crippen LogP) is 8.26. The average Bonchev–Trinajstić information content (AvgIpc) is 2.97. The van der Waals surface area contributed by atoms with Crippen molar-refractivity contribution < 1.29 is 9.59 Å². The Bertz CT molecular complexity index is 1840. The van der Waals surface area contributed by atoms with Crippen molar-refractivity contribution in [3.63, 3.8) is 0 Å². The lowest BCUT2D eigenvalue weighted by Gasteiger charge is -2.31. The summed E-state index contributed by atoms with van der Waals surface area (Å²) in [6.45, 7) is 0. The summed E-state index contributed by atoms with van der Waals surface area (Å²) in [4.78, 5) is 30.8. The first-order valence-electron chi connectivity index (χ1n) is 12.5. The molecule has 0 N–H and O–H groups in total.